The summed E-state index contributed by atoms with van der Waals surface area (Å²) in [5, 5.41) is -0.431. The number of hydrogen-bond acceptors (Lipinski definition) is 6. The number of benzene rings is 3. The second kappa shape index (κ2) is 12.6. The molecule has 2 fully saturated rings. The van der Waals surface area contributed by atoms with Crippen molar-refractivity contribution in [2.24, 2.45) is 0 Å². The maximum Gasteiger partial charge on any atom is 0.294 e. The number of nitrogens with zero attached hydrogens (tertiary/aromatic N) is 3. The lowest BCUT2D eigenvalue weighted by molar-refractivity contribution is -0.136. The standard InChI is InChI=1S/C29H25BrIN3O4S/c30-24-16-21(8-11-25(24)38-19-20-6-9-22(31)10-7-20)17-26-28(36)34(29(37)39-26)18-27(35)33-14-12-32(13-15-33)23-4-2-1-3-5-23/h1-11,16-17H,12-15,18-19H2/b26-17+. The van der Waals surface area contributed by atoms with Gasteiger partial charge in [0.15, 0.2) is 0 Å². The SMILES string of the molecule is O=C(CN1C(=O)S/C(=C/c2ccc(OCc3ccc(I)cc3)c(Br)c2)C1=O)N1CCN(c2ccccc2)CC1. The summed E-state index contributed by atoms with van der Waals surface area (Å²) in [6, 6.07) is 23.7. The van der Waals surface area contributed by atoms with Crippen LogP contribution < -0.4 is 9.64 Å². The number of carbonyl (C=O) groups is 3. The number of ether oxygens (including phenoxy) is 1. The highest BCUT2D eigenvalue weighted by molar-refractivity contribution is 14.1. The van der Waals surface area contributed by atoms with Crippen molar-refractivity contribution in [3.8, 4) is 5.75 Å². The monoisotopic (exact) mass is 717 g/mol. The fourth-order valence-electron chi connectivity index (χ4n) is 4.34. The average Bonchev–Trinajstić information content (AvgIpc) is 3.21. The van der Waals surface area contributed by atoms with Crippen LogP contribution in [0.5, 0.6) is 5.75 Å². The van der Waals surface area contributed by atoms with Gasteiger partial charge in [-0.05, 0) is 104 Å². The molecule has 39 heavy (non-hydrogen) atoms. The van der Waals surface area contributed by atoms with Gasteiger partial charge in [-0.2, -0.15) is 0 Å². The minimum absolute atomic E-state index is 0.219. The molecular weight excluding hydrogens is 693 g/mol. The van der Waals surface area contributed by atoms with Crippen LogP contribution in [0.25, 0.3) is 6.08 Å². The highest BCUT2D eigenvalue weighted by atomic mass is 127. The van der Waals surface area contributed by atoms with Crippen molar-refractivity contribution in [2.75, 3.05) is 37.6 Å². The Morgan fingerprint density at radius 2 is 1.69 bits per heavy atom. The Kier molecular flexibility index (Phi) is 8.93. The third-order valence-electron chi connectivity index (χ3n) is 6.48. The van der Waals surface area contributed by atoms with Gasteiger partial charge in [0.2, 0.25) is 5.91 Å². The maximum atomic E-state index is 13.0. The van der Waals surface area contributed by atoms with Gasteiger partial charge in [-0.1, -0.05) is 36.4 Å². The van der Waals surface area contributed by atoms with Crippen LogP contribution in [0.2, 0.25) is 0 Å². The largest absolute Gasteiger partial charge is 0.488 e. The van der Waals surface area contributed by atoms with E-state index in [0.29, 0.717) is 43.4 Å². The van der Waals surface area contributed by atoms with E-state index in [1.54, 1.807) is 11.0 Å². The van der Waals surface area contributed by atoms with Crippen LogP contribution >= 0.6 is 50.3 Å². The Labute approximate surface area is 253 Å². The summed E-state index contributed by atoms with van der Waals surface area (Å²) in [6.07, 6.45) is 1.67. The number of imide groups is 1. The minimum atomic E-state index is -0.448. The summed E-state index contributed by atoms with van der Waals surface area (Å²) in [4.78, 5) is 43.8. The fourth-order valence-corrected chi connectivity index (χ4v) is 6.05. The van der Waals surface area contributed by atoms with Gasteiger partial charge >= 0.3 is 0 Å². The van der Waals surface area contributed by atoms with Crippen molar-refractivity contribution in [3.63, 3.8) is 0 Å². The molecule has 0 aliphatic carbocycles. The van der Waals surface area contributed by atoms with E-state index in [1.807, 2.05) is 60.7 Å². The van der Waals surface area contributed by atoms with Crippen molar-refractivity contribution < 1.29 is 19.1 Å². The molecule has 0 saturated carbocycles. The van der Waals surface area contributed by atoms with E-state index in [0.717, 1.165) is 41.5 Å². The quantitative estimate of drug-likeness (QED) is 0.220. The van der Waals surface area contributed by atoms with E-state index in [4.69, 9.17) is 4.74 Å². The van der Waals surface area contributed by atoms with E-state index >= 15 is 0 Å². The normalized spacial score (nSPS) is 16.8. The van der Waals surface area contributed by atoms with Crippen LogP contribution in [0.4, 0.5) is 10.5 Å². The summed E-state index contributed by atoms with van der Waals surface area (Å²) in [7, 11) is 0. The topological polar surface area (TPSA) is 70.2 Å². The Bertz CT molecular complexity index is 1410. The number of anilines is 1. The van der Waals surface area contributed by atoms with Crippen molar-refractivity contribution in [1.29, 1.82) is 0 Å². The molecular formula is C29H25BrIN3O4S. The Balaban J connectivity index is 1.17. The lowest BCUT2D eigenvalue weighted by Gasteiger charge is -2.36. The van der Waals surface area contributed by atoms with Gasteiger partial charge in [0.1, 0.15) is 18.9 Å². The van der Waals surface area contributed by atoms with Crippen LogP contribution in [-0.2, 0) is 16.2 Å². The third kappa shape index (κ3) is 6.85. The summed E-state index contributed by atoms with van der Waals surface area (Å²) in [5.74, 6) is 0.0110. The average molecular weight is 718 g/mol. The highest BCUT2D eigenvalue weighted by Crippen LogP contribution is 2.34. The molecule has 2 aliphatic heterocycles. The third-order valence-corrected chi connectivity index (χ3v) is 8.73. The van der Waals surface area contributed by atoms with E-state index in [9.17, 15) is 14.4 Å². The molecule has 2 heterocycles. The number of hydrogen-bond donors (Lipinski definition) is 0. The zero-order chi connectivity index (χ0) is 27.4. The first-order valence-corrected chi connectivity index (χ1v) is 15.1. The number of amides is 3. The molecule has 0 unspecified atom stereocenters. The predicted octanol–water partition coefficient (Wildman–Crippen LogP) is 6.02. The molecule has 3 aromatic carbocycles. The molecule has 10 heteroatoms. The highest BCUT2D eigenvalue weighted by Gasteiger charge is 2.37. The number of para-hydroxylation sites is 1. The van der Waals surface area contributed by atoms with Gasteiger partial charge in [-0.3, -0.25) is 19.3 Å². The number of thioether (sulfide) groups is 1. The summed E-state index contributed by atoms with van der Waals surface area (Å²) < 4.78 is 7.83. The van der Waals surface area contributed by atoms with Gasteiger partial charge in [0, 0.05) is 35.4 Å². The minimum Gasteiger partial charge on any atom is -0.488 e. The van der Waals surface area contributed by atoms with Crippen LogP contribution in [0.1, 0.15) is 11.1 Å². The van der Waals surface area contributed by atoms with Gasteiger partial charge in [-0.15, -0.1) is 0 Å². The van der Waals surface area contributed by atoms with E-state index in [1.165, 1.54) is 0 Å². The smallest absolute Gasteiger partial charge is 0.294 e. The van der Waals surface area contributed by atoms with E-state index in [2.05, 4.69) is 55.6 Å². The van der Waals surface area contributed by atoms with Crippen molar-refractivity contribution >= 4 is 79.1 Å². The number of halogens is 2. The van der Waals surface area contributed by atoms with Crippen molar-refractivity contribution in [2.45, 2.75) is 6.61 Å². The van der Waals surface area contributed by atoms with Crippen molar-refractivity contribution in [3.05, 3.63) is 96.9 Å². The number of rotatable bonds is 7. The Morgan fingerprint density at radius 1 is 0.974 bits per heavy atom. The zero-order valence-corrected chi connectivity index (χ0v) is 25.4. The molecule has 3 aromatic rings. The lowest BCUT2D eigenvalue weighted by Crippen LogP contribution is -2.51. The fraction of sp³-hybridized carbons (Fsp3) is 0.207. The van der Waals surface area contributed by atoms with Crippen LogP contribution in [0.3, 0.4) is 0 Å². The molecule has 0 bridgehead atoms. The lowest BCUT2D eigenvalue weighted by atomic mass is 10.2. The molecule has 0 spiro atoms. The first-order valence-electron chi connectivity index (χ1n) is 12.4. The van der Waals surface area contributed by atoms with Gasteiger partial charge in [0.05, 0.1) is 9.38 Å². The predicted molar refractivity (Wildman–Crippen MR) is 166 cm³/mol. The van der Waals surface area contributed by atoms with Crippen LogP contribution in [0, 0.1) is 3.57 Å². The zero-order valence-electron chi connectivity index (χ0n) is 20.9. The van der Waals surface area contributed by atoms with Gasteiger partial charge < -0.3 is 14.5 Å². The second-order valence-corrected chi connectivity index (χ2v) is 12.2. The molecule has 200 valence electrons. The molecule has 2 aliphatic rings. The molecule has 0 atom stereocenters. The van der Waals surface area contributed by atoms with Gasteiger partial charge in [-0.25, -0.2) is 0 Å². The summed E-state index contributed by atoms with van der Waals surface area (Å²) in [5.41, 5.74) is 2.93. The van der Waals surface area contributed by atoms with Gasteiger partial charge in [0.25, 0.3) is 11.1 Å². The first-order chi connectivity index (χ1) is 18.9. The molecule has 7 nitrogen and oxygen atoms in total. The summed E-state index contributed by atoms with van der Waals surface area (Å²) in [6.45, 7) is 2.69. The Hall–Kier alpha value is -2.83. The first kappa shape index (κ1) is 27.7. The maximum absolute atomic E-state index is 13.0. The van der Waals surface area contributed by atoms with E-state index < -0.39 is 11.1 Å². The second-order valence-electron chi connectivity index (χ2n) is 9.08. The molecule has 5 rings (SSSR count). The molecule has 0 N–H and O–H groups in total. The molecule has 0 radical (unpaired) electrons. The molecule has 0 aromatic heterocycles. The van der Waals surface area contributed by atoms with Crippen LogP contribution in [0.15, 0.2) is 82.2 Å². The van der Waals surface area contributed by atoms with Crippen LogP contribution in [-0.4, -0.2) is 59.6 Å². The van der Waals surface area contributed by atoms with E-state index in [-0.39, 0.29) is 12.5 Å². The Morgan fingerprint density at radius 3 is 2.38 bits per heavy atom. The number of piperazine rings is 1. The number of carbonyl (C=O) groups excluding carboxylic acids is 3. The molecule has 3 amide bonds. The molecule has 2 saturated heterocycles. The summed E-state index contributed by atoms with van der Waals surface area (Å²) >= 11 is 6.66. The van der Waals surface area contributed by atoms with Crippen molar-refractivity contribution in [1.82, 2.24) is 9.80 Å².